The number of benzene rings is 1. The lowest BCUT2D eigenvalue weighted by Gasteiger charge is -2.12. The first-order valence-corrected chi connectivity index (χ1v) is 12.7. The van der Waals surface area contributed by atoms with Crippen molar-refractivity contribution in [3.63, 3.8) is 0 Å². The minimum atomic E-state index is -0.128. The molecule has 0 aliphatic heterocycles. The molecule has 9 nitrogen and oxygen atoms in total. The van der Waals surface area contributed by atoms with Crippen molar-refractivity contribution in [3.8, 4) is 11.3 Å². The fourth-order valence-corrected chi connectivity index (χ4v) is 4.81. The number of ketones is 1. The van der Waals surface area contributed by atoms with Gasteiger partial charge in [-0.3, -0.25) is 9.20 Å². The van der Waals surface area contributed by atoms with Crippen LogP contribution in [-0.2, 0) is 23.1 Å². The van der Waals surface area contributed by atoms with Crippen molar-refractivity contribution in [3.05, 3.63) is 59.7 Å². The summed E-state index contributed by atoms with van der Waals surface area (Å²) >= 11 is 1.53. The van der Waals surface area contributed by atoms with E-state index in [0.29, 0.717) is 18.1 Å². The highest BCUT2D eigenvalue weighted by Gasteiger charge is 2.20. The van der Waals surface area contributed by atoms with Crippen LogP contribution in [0, 0.1) is 0 Å². The van der Waals surface area contributed by atoms with Crippen molar-refractivity contribution in [2.75, 3.05) is 25.5 Å². The molecule has 0 fully saturated rings. The summed E-state index contributed by atoms with van der Waals surface area (Å²) in [5, 5.41) is 10.4. The number of nitrogens with one attached hydrogen (secondary N) is 2. The fourth-order valence-electron chi connectivity index (χ4n) is 3.85. The van der Waals surface area contributed by atoms with Crippen LogP contribution in [0.2, 0.25) is 0 Å². The van der Waals surface area contributed by atoms with Crippen molar-refractivity contribution >= 4 is 38.4 Å². The molecule has 0 amide bonds. The van der Waals surface area contributed by atoms with Gasteiger partial charge in [-0.05, 0) is 12.6 Å². The number of carbonyl (C=O) groups excluding carboxylic acids is 1. The van der Waals surface area contributed by atoms with Gasteiger partial charge in [-0.25, -0.2) is 15.0 Å². The zero-order chi connectivity index (χ0) is 25.3. The Bertz CT molecular complexity index is 1510. The van der Waals surface area contributed by atoms with Gasteiger partial charge in [-0.1, -0.05) is 61.5 Å². The third-order valence-corrected chi connectivity index (χ3v) is 6.81. The third kappa shape index (κ3) is 5.14. The Morgan fingerprint density at radius 1 is 1.11 bits per heavy atom. The van der Waals surface area contributed by atoms with Crippen molar-refractivity contribution in [2.45, 2.75) is 39.0 Å². The second-order valence-electron chi connectivity index (χ2n) is 9.82. The number of rotatable bonds is 9. The van der Waals surface area contributed by atoms with E-state index in [1.807, 2.05) is 54.2 Å². The number of hydrogen-bond donors (Lipinski definition) is 2. The number of aromatic nitrogens is 5. The molecule has 4 aromatic heterocycles. The second kappa shape index (κ2) is 9.79. The van der Waals surface area contributed by atoms with Gasteiger partial charge in [0, 0.05) is 42.8 Å². The van der Waals surface area contributed by atoms with E-state index in [9.17, 15) is 4.79 Å². The standard InChI is InChI=1S/C26H29N7O2S/c1-26(2,3)22-13-18(32-35-22)12-19(34)11-16-5-7-17(8-6-16)20-15-33-21-14-29-24(28-10-9-27-4)31-23(21)36-25(33)30-20/h5-8,13-15,27H,9-12H2,1-4H3,(H,28,29,31). The number of Topliss-reactive ketones (excluding diaryl/α,β-unsaturated/α-hetero) is 1. The Balaban J connectivity index is 1.26. The Morgan fingerprint density at radius 3 is 2.64 bits per heavy atom. The number of nitrogens with zero attached hydrogens (tertiary/aromatic N) is 5. The van der Waals surface area contributed by atoms with Crippen LogP contribution in [0.1, 0.15) is 37.8 Å². The smallest absolute Gasteiger partial charge is 0.224 e. The molecule has 5 aromatic rings. The van der Waals surface area contributed by atoms with Crippen molar-refractivity contribution < 1.29 is 9.32 Å². The molecule has 0 radical (unpaired) electrons. The molecule has 0 aliphatic carbocycles. The summed E-state index contributed by atoms with van der Waals surface area (Å²) in [6.45, 7) is 7.77. The Labute approximate surface area is 213 Å². The van der Waals surface area contributed by atoms with Crippen LogP contribution < -0.4 is 10.6 Å². The molecule has 0 saturated carbocycles. The van der Waals surface area contributed by atoms with Crippen LogP contribution in [0.15, 0.2) is 47.2 Å². The van der Waals surface area contributed by atoms with E-state index in [1.165, 1.54) is 11.3 Å². The molecular formula is C26H29N7O2S. The molecule has 4 heterocycles. The summed E-state index contributed by atoms with van der Waals surface area (Å²) in [5.74, 6) is 1.51. The number of carbonyl (C=O) groups is 1. The van der Waals surface area contributed by atoms with E-state index >= 15 is 0 Å². The predicted molar refractivity (Wildman–Crippen MR) is 142 cm³/mol. The van der Waals surface area contributed by atoms with Crippen LogP contribution in [0.25, 0.3) is 26.6 Å². The van der Waals surface area contributed by atoms with Gasteiger partial charge in [-0.2, -0.15) is 0 Å². The first-order chi connectivity index (χ1) is 17.3. The van der Waals surface area contributed by atoms with Crippen LogP contribution >= 0.6 is 11.3 Å². The molecule has 0 saturated heterocycles. The average Bonchev–Trinajstić information content (AvgIpc) is 3.54. The maximum absolute atomic E-state index is 12.6. The highest BCUT2D eigenvalue weighted by Crippen LogP contribution is 2.29. The maximum Gasteiger partial charge on any atom is 0.224 e. The molecule has 1 aromatic carbocycles. The Hall–Kier alpha value is -3.63. The summed E-state index contributed by atoms with van der Waals surface area (Å²) < 4.78 is 7.41. The first-order valence-electron chi connectivity index (χ1n) is 11.9. The Morgan fingerprint density at radius 2 is 1.92 bits per heavy atom. The monoisotopic (exact) mass is 503 g/mol. The number of fused-ring (bicyclic) bond motifs is 3. The highest BCUT2D eigenvalue weighted by molar-refractivity contribution is 7.23. The number of imidazole rings is 1. The molecule has 36 heavy (non-hydrogen) atoms. The lowest BCUT2D eigenvalue weighted by Crippen LogP contribution is -2.18. The van der Waals surface area contributed by atoms with Gasteiger partial charge in [-0.15, -0.1) is 0 Å². The quantitative estimate of drug-likeness (QED) is 0.287. The van der Waals surface area contributed by atoms with Crippen molar-refractivity contribution in [1.82, 2.24) is 29.8 Å². The summed E-state index contributed by atoms with van der Waals surface area (Å²) in [6, 6.07) is 9.85. The summed E-state index contributed by atoms with van der Waals surface area (Å²) in [4.78, 5) is 28.2. The van der Waals surface area contributed by atoms with E-state index in [0.717, 1.165) is 51.0 Å². The first kappa shape index (κ1) is 24.1. The van der Waals surface area contributed by atoms with Gasteiger partial charge in [0.25, 0.3) is 0 Å². The summed E-state index contributed by atoms with van der Waals surface area (Å²) in [6.07, 6.45) is 4.44. The van der Waals surface area contributed by atoms with Gasteiger partial charge in [0.1, 0.15) is 21.9 Å². The maximum atomic E-state index is 12.6. The molecule has 0 aliphatic rings. The summed E-state index contributed by atoms with van der Waals surface area (Å²) in [5.41, 5.74) is 4.30. The fraction of sp³-hybridized carbons (Fsp3) is 0.346. The van der Waals surface area contributed by atoms with Gasteiger partial charge >= 0.3 is 0 Å². The zero-order valence-corrected chi connectivity index (χ0v) is 21.6. The molecule has 10 heteroatoms. The van der Waals surface area contributed by atoms with Gasteiger partial charge in [0.15, 0.2) is 4.96 Å². The summed E-state index contributed by atoms with van der Waals surface area (Å²) in [7, 11) is 1.91. The molecular weight excluding hydrogens is 474 g/mol. The largest absolute Gasteiger partial charge is 0.361 e. The normalized spacial score (nSPS) is 12.0. The number of likely N-dealkylation sites (N-methyl/N-ethyl adjacent to an activating group) is 1. The van der Waals surface area contributed by atoms with Crippen LogP contribution in [-0.4, -0.2) is 50.4 Å². The molecule has 5 rings (SSSR count). The molecule has 0 atom stereocenters. The molecule has 2 N–H and O–H groups in total. The molecule has 186 valence electrons. The van der Waals surface area contributed by atoms with E-state index < -0.39 is 0 Å². The highest BCUT2D eigenvalue weighted by atomic mass is 32.1. The zero-order valence-electron chi connectivity index (χ0n) is 20.8. The predicted octanol–water partition coefficient (Wildman–Crippen LogP) is 4.28. The third-order valence-electron chi connectivity index (χ3n) is 5.84. The lowest BCUT2D eigenvalue weighted by molar-refractivity contribution is -0.117. The lowest BCUT2D eigenvalue weighted by atomic mass is 9.93. The minimum Gasteiger partial charge on any atom is -0.361 e. The van der Waals surface area contributed by atoms with Crippen LogP contribution in [0.4, 0.5) is 5.95 Å². The van der Waals surface area contributed by atoms with Gasteiger partial charge in [0.2, 0.25) is 5.95 Å². The van der Waals surface area contributed by atoms with Crippen LogP contribution in [0.3, 0.4) is 0 Å². The molecule has 0 bridgehead atoms. The SMILES string of the molecule is CNCCNc1ncc2c(n1)sc1nc(-c3ccc(CC(=O)Cc4cc(C(C)(C)C)on4)cc3)cn12. The van der Waals surface area contributed by atoms with Crippen LogP contribution in [0.5, 0.6) is 0 Å². The topological polar surface area (TPSA) is 110 Å². The minimum absolute atomic E-state index is 0.102. The van der Waals surface area contributed by atoms with Gasteiger partial charge in [0.05, 0.1) is 24.0 Å². The number of thiazole rings is 1. The van der Waals surface area contributed by atoms with E-state index in [-0.39, 0.29) is 17.6 Å². The van der Waals surface area contributed by atoms with Crippen molar-refractivity contribution in [1.29, 1.82) is 0 Å². The molecule has 0 unspecified atom stereocenters. The molecule has 0 spiro atoms. The number of hydrogen-bond acceptors (Lipinski definition) is 9. The van der Waals surface area contributed by atoms with Gasteiger partial charge < -0.3 is 15.2 Å². The Kier molecular flexibility index (Phi) is 6.55. The van der Waals surface area contributed by atoms with E-state index in [4.69, 9.17) is 9.51 Å². The average molecular weight is 504 g/mol. The van der Waals surface area contributed by atoms with E-state index in [1.54, 1.807) is 0 Å². The van der Waals surface area contributed by atoms with E-state index in [2.05, 4.69) is 46.5 Å². The second-order valence-corrected chi connectivity index (χ2v) is 10.8. The van der Waals surface area contributed by atoms with Crippen molar-refractivity contribution in [2.24, 2.45) is 0 Å². The number of anilines is 1.